The second kappa shape index (κ2) is 7.01. The highest BCUT2D eigenvalue weighted by Crippen LogP contribution is 2.34. The van der Waals surface area contributed by atoms with E-state index in [1.807, 2.05) is 19.1 Å². The standard InChI is InChI=1S/C18H22N4O3S.ClH/c1-13-11-14-3-2-4-15(16(14)20-12-13)26(24,25)22-9-7-21(8-10-22)17(23)18(19)5-6-18;/h2-4,11-12H,5-10,19H2,1H3;1H. The van der Waals surface area contributed by atoms with Gasteiger partial charge in [-0.2, -0.15) is 4.31 Å². The Hall–Kier alpha value is -1.74. The molecule has 1 saturated carbocycles. The molecule has 7 nitrogen and oxygen atoms in total. The van der Waals surface area contributed by atoms with Crippen molar-refractivity contribution in [2.75, 3.05) is 26.2 Å². The molecule has 4 rings (SSSR count). The van der Waals surface area contributed by atoms with Crippen molar-refractivity contribution in [1.82, 2.24) is 14.2 Å². The molecule has 2 fully saturated rings. The van der Waals surface area contributed by atoms with Crippen molar-refractivity contribution in [3.63, 3.8) is 0 Å². The van der Waals surface area contributed by atoms with Crippen molar-refractivity contribution in [3.05, 3.63) is 36.0 Å². The van der Waals surface area contributed by atoms with E-state index in [4.69, 9.17) is 5.73 Å². The van der Waals surface area contributed by atoms with Crippen LogP contribution in [0.15, 0.2) is 35.4 Å². The average Bonchev–Trinajstić information content (AvgIpc) is 3.39. The fourth-order valence-corrected chi connectivity index (χ4v) is 4.97. The maximum absolute atomic E-state index is 13.1. The van der Waals surface area contributed by atoms with E-state index in [0.29, 0.717) is 31.4 Å². The fraction of sp³-hybridized carbons (Fsp3) is 0.444. The smallest absolute Gasteiger partial charge is 0.245 e. The number of nitrogens with zero attached hydrogens (tertiary/aromatic N) is 3. The Morgan fingerprint density at radius 3 is 2.48 bits per heavy atom. The zero-order valence-electron chi connectivity index (χ0n) is 15.1. The van der Waals surface area contributed by atoms with Crippen LogP contribution in [0.3, 0.4) is 0 Å². The lowest BCUT2D eigenvalue weighted by Crippen LogP contribution is -2.55. The lowest BCUT2D eigenvalue weighted by Gasteiger charge is -2.35. The molecule has 27 heavy (non-hydrogen) atoms. The SMILES string of the molecule is Cc1cnc2c(S(=O)(=O)N3CCN(C(=O)C4(N)CC4)CC3)cccc2c1.Cl. The Bertz CT molecular complexity index is 983. The highest BCUT2D eigenvalue weighted by Gasteiger charge is 2.48. The molecule has 1 saturated heterocycles. The summed E-state index contributed by atoms with van der Waals surface area (Å²) in [4.78, 5) is 18.6. The number of fused-ring (bicyclic) bond motifs is 1. The molecule has 0 spiro atoms. The van der Waals surface area contributed by atoms with Crippen molar-refractivity contribution in [2.24, 2.45) is 5.73 Å². The van der Waals surface area contributed by atoms with Gasteiger partial charge in [0.15, 0.2) is 0 Å². The number of nitrogens with two attached hydrogens (primary N) is 1. The highest BCUT2D eigenvalue weighted by molar-refractivity contribution is 7.89. The monoisotopic (exact) mass is 410 g/mol. The number of rotatable bonds is 3. The summed E-state index contributed by atoms with van der Waals surface area (Å²) in [7, 11) is -3.67. The van der Waals surface area contributed by atoms with E-state index in [1.165, 1.54) is 4.31 Å². The topological polar surface area (TPSA) is 96.6 Å². The third-order valence-corrected chi connectivity index (χ3v) is 7.10. The van der Waals surface area contributed by atoms with Gasteiger partial charge >= 0.3 is 0 Å². The molecule has 1 aliphatic heterocycles. The number of aromatic nitrogens is 1. The molecule has 0 radical (unpaired) electrons. The van der Waals surface area contributed by atoms with Gasteiger partial charge < -0.3 is 10.6 Å². The molecule has 1 aromatic heterocycles. The van der Waals surface area contributed by atoms with Crippen LogP contribution in [0.2, 0.25) is 0 Å². The minimum absolute atomic E-state index is 0. The Kier molecular flexibility index (Phi) is 5.20. The summed E-state index contributed by atoms with van der Waals surface area (Å²) in [6, 6.07) is 7.12. The lowest BCUT2D eigenvalue weighted by molar-refractivity contribution is -0.134. The largest absolute Gasteiger partial charge is 0.338 e. The number of carbonyl (C=O) groups is 1. The van der Waals surface area contributed by atoms with Crippen LogP contribution >= 0.6 is 12.4 Å². The zero-order valence-corrected chi connectivity index (χ0v) is 16.7. The number of amides is 1. The number of hydrogen-bond acceptors (Lipinski definition) is 5. The van der Waals surface area contributed by atoms with Gasteiger partial charge in [0.1, 0.15) is 4.90 Å². The van der Waals surface area contributed by atoms with Crippen molar-refractivity contribution >= 4 is 39.2 Å². The Morgan fingerprint density at radius 2 is 1.85 bits per heavy atom. The minimum atomic E-state index is -3.67. The molecule has 2 aromatic rings. The summed E-state index contributed by atoms with van der Waals surface area (Å²) in [6.07, 6.45) is 3.10. The first-order chi connectivity index (χ1) is 12.3. The molecule has 9 heteroatoms. The second-order valence-electron chi connectivity index (χ2n) is 7.19. The summed E-state index contributed by atoms with van der Waals surface area (Å²) in [6.45, 7) is 3.20. The fourth-order valence-electron chi connectivity index (χ4n) is 3.39. The third-order valence-electron chi connectivity index (χ3n) is 5.17. The summed E-state index contributed by atoms with van der Waals surface area (Å²) in [5.74, 6) is -0.0585. The molecule has 2 aliphatic rings. The van der Waals surface area contributed by atoms with E-state index >= 15 is 0 Å². The Balaban J connectivity index is 0.00000210. The maximum atomic E-state index is 13.1. The number of benzene rings is 1. The van der Waals surface area contributed by atoms with Gasteiger partial charge in [0.05, 0.1) is 11.1 Å². The molecular formula is C18H23ClN4O3S. The van der Waals surface area contributed by atoms with E-state index in [0.717, 1.165) is 10.9 Å². The van der Waals surface area contributed by atoms with Crippen LogP contribution in [0.1, 0.15) is 18.4 Å². The van der Waals surface area contributed by atoms with E-state index in [-0.39, 0.29) is 36.3 Å². The number of carbonyl (C=O) groups excluding carboxylic acids is 1. The molecular weight excluding hydrogens is 388 g/mol. The molecule has 0 unspecified atom stereocenters. The van der Waals surface area contributed by atoms with Crippen molar-refractivity contribution in [1.29, 1.82) is 0 Å². The minimum Gasteiger partial charge on any atom is -0.338 e. The quantitative estimate of drug-likeness (QED) is 0.822. The van der Waals surface area contributed by atoms with Crippen LogP contribution in [0, 0.1) is 6.92 Å². The average molecular weight is 411 g/mol. The van der Waals surface area contributed by atoms with Gasteiger partial charge in [0.2, 0.25) is 15.9 Å². The molecule has 0 bridgehead atoms. The number of hydrogen-bond donors (Lipinski definition) is 1. The van der Waals surface area contributed by atoms with Gasteiger partial charge in [0, 0.05) is 37.8 Å². The second-order valence-corrected chi connectivity index (χ2v) is 9.10. The predicted molar refractivity (Wildman–Crippen MR) is 105 cm³/mol. The van der Waals surface area contributed by atoms with Gasteiger partial charge in [0.25, 0.3) is 0 Å². The van der Waals surface area contributed by atoms with E-state index in [1.54, 1.807) is 23.2 Å². The first-order valence-corrected chi connectivity index (χ1v) is 10.2. The highest BCUT2D eigenvalue weighted by atomic mass is 35.5. The molecule has 0 atom stereocenters. The van der Waals surface area contributed by atoms with Crippen LogP contribution in [0.25, 0.3) is 10.9 Å². The summed E-state index contributed by atoms with van der Waals surface area (Å²) >= 11 is 0. The molecule has 1 aliphatic carbocycles. The summed E-state index contributed by atoms with van der Waals surface area (Å²) in [5.41, 5.74) is 6.73. The van der Waals surface area contributed by atoms with Gasteiger partial charge in [-0.3, -0.25) is 9.78 Å². The van der Waals surface area contributed by atoms with Crippen LogP contribution < -0.4 is 5.73 Å². The van der Waals surface area contributed by atoms with Crippen molar-refractivity contribution in [2.45, 2.75) is 30.2 Å². The van der Waals surface area contributed by atoms with E-state index < -0.39 is 15.6 Å². The molecule has 1 amide bonds. The molecule has 2 heterocycles. The molecule has 1 aromatic carbocycles. The Morgan fingerprint density at radius 1 is 1.19 bits per heavy atom. The first-order valence-electron chi connectivity index (χ1n) is 8.75. The molecule has 2 N–H and O–H groups in total. The number of aryl methyl sites for hydroxylation is 1. The third kappa shape index (κ3) is 3.54. The van der Waals surface area contributed by atoms with Crippen molar-refractivity contribution < 1.29 is 13.2 Å². The van der Waals surface area contributed by atoms with E-state index in [9.17, 15) is 13.2 Å². The normalized spacial score (nSPS) is 19.6. The number of para-hydroxylation sites is 1. The lowest BCUT2D eigenvalue weighted by atomic mass is 10.2. The van der Waals surface area contributed by atoms with Gasteiger partial charge in [-0.25, -0.2) is 8.42 Å². The van der Waals surface area contributed by atoms with Crippen molar-refractivity contribution in [3.8, 4) is 0 Å². The first kappa shape index (κ1) is 20.0. The number of pyridine rings is 1. The number of halogens is 1. The van der Waals surface area contributed by atoms with Crippen LogP contribution in [-0.2, 0) is 14.8 Å². The van der Waals surface area contributed by atoms with Crippen LogP contribution in [0.5, 0.6) is 0 Å². The number of piperazine rings is 1. The number of sulfonamides is 1. The van der Waals surface area contributed by atoms with Gasteiger partial charge in [-0.15, -0.1) is 12.4 Å². The van der Waals surface area contributed by atoms with Gasteiger partial charge in [-0.05, 0) is 37.5 Å². The van der Waals surface area contributed by atoms with E-state index in [2.05, 4.69) is 4.98 Å². The summed E-state index contributed by atoms with van der Waals surface area (Å²) < 4.78 is 27.7. The maximum Gasteiger partial charge on any atom is 0.245 e. The van der Waals surface area contributed by atoms with Crippen LogP contribution in [0.4, 0.5) is 0 Å². The van der Waals surface area contributed by atoms with Gasteiger partial charge in [-0.1, -0.05) is 12.1 Å². The predicted octanol–water partition coefficient (Wildman–Crippen LogP) is 1.29. The Labute approximate surface area is 165 Å². The summed E-state index contributed by atoms with van der Waals surface area (Å²) in [5, 5.41) is 0.804. The van der Waals surface area contributed by atoms with Crippen LogP contribution in [-0.4, -0.2) is 60.2 Å². The zero-order chi connectivity index (χ0) is 18.5. The molecule has 146 valence electrons.